The highest BCUT2D eigenvalue weighted by atomic mass is 35.5. The average molecular weight is 270 g/mol. The molecule has 0 atom stereocenters. The Kier molecular flexibility index (Phi) is 4.09. The van der Waals surface area contributed by atoms with Crippen LogP contribution in [0.15, 0.2) is 18.2 Å². The van der Waals surface area contributed by atoms with Gasteiger partial charge in [-0.2, -0.15) is 0 Å². The van der Waals surface area contributed by atoms with Gasteiger partial charge in [-0.05, 0) is 37.0 Å². The Morgan fingerprint density at radius 2 is 2.28 bits per heavy atom. The molecule has 0 aliphatic heterocycles. The Bertz CT molecular complexity index is 444. The average Bonchev–Trinajstić information content (AvgIpc) is 2.32. The van der Waals surface area contributed by atoms with E-state index in [2.05, 4.69) is 5.32 Å². The molecule has 0 spiro atoms. The lowest BCUT2D eigenvalue weighted by molar-refractivity contribution is 0.0420. The lowest BCUT2D eigenvalue weighted by Crippen LogP contribution is -2.38. The summed E-state index contributed by atoms with van der Waals surface area (Å²) in [5, 5.41) is 12.5. The molecule has 2 rings (SSSR count). The van der Waals surface area contributed by atoms with E-state index in [1.54, 1.807) is 18.2 Å². The first-order valence-electron chi connectivity index (χ1n) is 5.90. The number of aliphatic hydroxyl groups is 1. The van der Waals surface area contributed by atoms with Gasteiger partial charge < -0.3 is 15.2 Å². The molecule has 0 aromatic heterocycles. The van der Waals surface area contributed by atoms with Crippen LogP contribution in [0, 0.1) is 5.92 Å². The van der Waals surface area contributed by atoms with Crippen molar-refractivity contribution in [2.45, 2.75) is 18.9 Å². The van der Waals surface area contributed by atoms with E-state index in [0.29, 0.717) is 28.8 Å². The number of nitrogens with one attached hydrogen (secondary N) is 1. The van der Waals surface area contributed by atoms with Crippen molar-refractivity contribution in [3.8, 4) is 5.75 Å². The zero-order valence-electron chi connectivity index (χ0n) is 10.1. The summed E-state index contributed by atoms with van der Waals surface area (Å²) in [6, 6.07) is 4.92. The molecule has 18 heavy (non-hydrogen) atoms. The van der Waals surface area contributed by atoms with Crippen molar-refractivity contribution >= 4 is 17.5 Å². The van der Waals surface area contributed by atoms with E-state index in [1.165, 1.54) is 7.11 Å². The summed E-state index contributed by atoms with van der Waals surface area (Å²) < 4.78 is 5.13. The van der Waals surface area contributed by atoms with Gasteiger partial charge >= 0.3 is 0 Å². The summed E-state index contributed by atoms with van der Waals surface area (Å²) in [5.41, 5.74) is 0.474. The van der Waals surface area contributed by atoms with Crippen molar-refractivity contribution in [3.05, 3.63) is 28.8 Å². The van der Waals surface area contributed by atoms with Crippen molar-refractivity contribution in [3.63, 3.8) is 0 Å². The van der Waals surface area contributed by atoms with Gasteiger partial charge in [0.05, 0.1) is 18.8 Å². The summed E-state index contributed by atoms with van der Waals surface area (Å²) in [4.78, 5) is 12.0. The van der Waals surface area contributed by atoms with Crippen molar-refractivity contribution in [1.29, 1.82) is 0 Å². The third-order valence-electron chi connectivity index (χ3n) is 3.17. The minimum Gasteiger partial charge on any atom is -0.496 e. The van der Waals surface area contributed by atoms with E-state index >= 15 is 0 Å². The summed E-state index contributed by atoms with van der Waals surface area (Å²) in [6.45, 7) is 0.585. The molecular formula is C13H16ClNO3. The van der Waals surface area contributed by atoms with Gasteiger partial charge in [0.15, 0.2) is 0 Å². The van der Waals surface area contributed by atoms with Gasteiger partial charge in [0.25, 0.3) is 5.91 Å². The second kappa shape index (κ2) is 5.59. The Labute approximate surface area is 111 Å². The Balaban J connectivity index is 1.95. The fourth-order valence-electron chi connectivity index (χ4n) is 2.05. The number of amides is 1. The summed E-state index contributed by atoms with van der Waals surface area (Å²) in [5.74, 6) is 0.667. The minimum absolute atomic E-state index is 0.176. The molecule has 1 aliphatic rings. The number of halogens is 1. The van der Waals surface area contributed by atoms with Gasteiger partial charge in [0.2, 0.25) is 0 Å². The van der Waals surface area contributed by atoms with E-state index < -0.39 is 0 Å². The molecule has 1 aromatic rings. The van der Waals surface area contributed by atoms with Crippen LogP contribution in [0.25, 0.3) is 0 Å². The van der Waals surface area contributed by atoms with Crippen LogP contribution in [0.3, 0.4) is 0 Å². The van der Waals surface area contributed by atoms with E-state index in [1.807, 2.05) is 0 Å². The standard InChI is InChI=1S/C13H16ClNO3/c1-18-12-6-9(14)2-3-11(12)13(17)15-7-8-4-10(16)5-8/h2-3,6,8,10,16H,4-5,7H2,1H3,(H,15,17). The minimum atomic E-state index is -0.197. The number of benzene rings is 1. The van der Waals surface area contributed by atoms with Gasteiger partial charge in [0, 0.05) is 11.6 Å². The number of hydrogen-bond donors (Lipinski definition) is 2. The van der Waals surface area contributed by atoms with Crippen molar-refractivity contribution in [1.82, 2.24) is 5.32 Å². The molecule has 4 nitrogen and oxygen atoms in total. The highest BCUT2D eigenvalue weighted by Gasteiger charge is 2.27. The van der Waals surface area contributed by atoms with Gasteiger partial charge in [-0.25, -0.2) is 0 Å². The van der Waals surface area contributed by atoms with Crippen molar-refractivity contribution < 1.29 is 14.6 Å². The third kappa shape index (κ3) is 2.94. The Morgan fingerprint density at radius 3 is 2.89 bits per heavy atom. The van der Waals surface area contributed by atoms with E-state index in [9.17, 15) is 4.79 Å². The van der Waals surface area contributed by atoms with Crippen LogP contribution in [0.5, 0.6) is 5.75 Å². The maximum absolute atomic E-state index is 12.0. The first-order valence-corrected chi connectivity index (χ1v) is 6.27. The fourth-order valence-corrected chi connectivity index (χ4v) is 2.21. The van der Waals surface area contributed by atoms with E-state index in [0.717, 1.165) is 12.8 Å². The largest absolute Gasteiger partial charge is 0.496 e. The number of aliphatic hydroxyl groups excluding tert-OH is 1. The summed E-state index contributed by atoms with van der Waals surface area (Å²) in [6.07, 6.45) is 1.33. The molecule has 0 saturated heterocycles. The van der Waals surface area contributed by atoms with Crippen LogP contribution in [0.1, 0.15) is 23.2 Å². The molecule has 0 radical (unpaired) electrons. The molecule has 1 aliphatic carbocycles. The topological polar surface area (TPSA) is 58.6 Å². The van der Waals surface area contributed by atoms with Crippen LogP contribution in [-0.4, -0.2) is 30.8 Å². The smallest absolute Gasteiger partial charge is 0.255 e. The zero-order chi connectivity index (χ0) is 13.1. The van der Waals surface area contributed by atoms with Gasteiger partial charge in [0.1, 0.15) is 5.75 Å². The summed E-state index contributed by atoms with van der Waals surface area (Å²) >= 11 is 5.84. The monoisotopic (exact) mass is 269 g/mol. The number of carbonyl (C=O) groups is 1. The second-order valence-electron chi connectivity index (χ2n) is 4.55. The van der Waals surface area contributed by atoms with Crippen LogP contribution in [0.4, 0.5) is 0 Å². The van der Waals surface area contributed by atoms with Crippen LogP contribution in [-0.2, 0) is 0 Å². The Morgan fingerprint density at radius 1 is 1.56 bits per heavy atom. The predicted molar refractivity (Wildman–Crippen MR) is 69.1 cm³/mol. The molecule has 5 heteroatoms. The molecule has 0 unspecified atom stereocenters. The van der Waals surface area contributed by atoms with Crippen molar-refractivity contribution in [2.75, 3.05) is 13.7 Å². The first kappa shape index (κ1) is 13.2. The number of ether oxygens (including phenoxy) is 1. The van der Waals surface area contributed by atoms with Gasteiger partial charge in [-0.1, -0.05) is 11.6 Å². The second-order valence-corrected chi connectivity index (χ2v) is 4.98. The van der Waals surface area contributed by atoms with Crippen LogP contribution < -0.4 is 10.1 Å². The van der Waals surface area contributed by atoms with Crippen LogP contribution in [0.2, 0.25) is 5.02 Å². The summed E-state index contributed by atoms with van der Waals surface area (Å²) in [7, 11) is 1.50. The van der Waals surface area contributed by atoms with Gasteiger partial charge in [-0.15, -0.1) is 0 Å². The first-order chi connectivity index (χ1) is 8.60. The van der Waals surface area contributed by atoms with Crippen LogP contribution >= 0.6 is 11.6 Å². The highest BCUT2D eigenvalue weighted by Crippen LogP contribution is 2.27. The molecular weight excluding hydrogens is 254 g/mol. The fraction of sp³-hybridized carbons (Fsp3) is 0.462. The Hall–Kier alpha value is -1.26. The predicted octanol–water partition coefficient (Wildman–Crippen LogP) is 1.85. The molecule has 1 fully saturated rings. The lowest BCUT2D eigenvalue weighted by atomic mass is 9.82. The molecule has 98 valence electrons. The molecule has 0 heterocycles. The highest BCUT2D eigenvalue weighted by molar-refractivity contribution is 6.30. The van der Waals surface area contributed by atoms with Gasteiger partial charge in [-0.3, -0.25) is 4.79 Å². The molecule has 1 aromatic carbocycles. The van der Waals surface area contributed by atoms with Crippen molar-refractivity contribution in [2.24, 2.45) is 5.92 Å². The SMILES string of the molecule is COc1cc(Cl)ccc1C(=O)NCC1CC(O)C1. The molecule has 1 amide bonds. The number of rotatable bonds is 4. The zero-order valence-corrected chi connectivity index (χ0v) is 10.9. The third-order valence-corrected chi connectivity index (χ3v) is 3.41. The number of carbonyl (C=O) groups excluding carboxylic acids is 1. The normalized spacial score (nSPS) is 22.2. The quantitative estimate of drug-likeness (QED) is 0.877. The molecule has 1 saturated carbocycles. The number of methoxy groups -OCH3 is 1. The van der Waals surface area contributed by atoms with E-state index in [4.69, 9.17) is 21.4 Å². The molecule has 2 N–H and O–H groups in total. The molecule has 0 bridgehead atoms. The lowest BCUT2D eigenvalue weighted by Gasteiger charge is -2.31. The van der Waals surface area contributed by atoms with E-state index in [-0.39, 0.29) is 12.0 Å². The maximum Gasteiger partial charge on any atom is 0.255 e. The maximum atomic E-state index is 12.0. The number of hydrogen-bond acceptors (Lipinski definition) is 3.